The number of likely N-dealkylation sites (tertiary alicyclic amines) is 1. The molecule has 156 valence electrons. The first kappa shape index (κ1) is 21.4. The Balaban J connectivity index is 1.67. The van der Waals surface area contributed by atoms with Crippen LogP contribution in [0.15, 0.2) is 49.0 Å². The van der Waals surface area contributed by atoms with Crippen molar-refractivity contribution < 1.29 is 8.78 Å². The molecule has 2 aromatic carbocycles. The molecule has 4 heteroatoms. The highest BCUT2D eigenvalue weighted by Gasteiger charge is 2.24. The highest BCUT2D eigenvalue weighted by Crippen LogP contribution is 2.33. The van der Waals surface area contributed by atoms with Gasteiger partial charge < -0.3 is 9.80 Å². The molecule has 1 saturated heterocycles. The average molecular weight is 399 g/mol. The lowest BCUT2D eigenvalue weighted by Gasteiger charge is -2.35. The minimum atomic E-state index is -0.517. The van der Waals surface area contributed by atoms with E-state index in [1.165, 1.54) is 11.8 Å². The zero-order valence-electron chi connectivity index (χ0n) is 17.6. The van der Waals surface area contributed by atoms with E-state index in [4.69, 9.17) is 0 Å². The molecular weight excluding hydrogens is 366 g/mol. The molecule has 29 heavy (non-hydrogen) atoms. The molecule has 0 unspecified atom stereocenters. The van der Waals surface area contributed by atoms with Crippen LogP contribution in [0.4, 0.5) is 14.5 Å². The first-order valence-electron chi connectivity index (χ1n) is 10.8. The maximum atomic E-state index is 14.1. The number of rotatable bonds is 8. The SMILES string of the molecule is C=C(c1cccc(N(CCC)CCC)c1)N1CCC(c2ccc(F)cc2F)CC1. The fraction of sp³-hybridized carbons (Fsp3) is 0.440. The van der Waals surface area contributed by atoms with E-state index in [1.54, 1.807) is 6.07 Å². The van der Waals surface area contributed by atoms with Crippen LogP contribution in [0.1, 0.15) is 56.6 Å². The summed E-state index contributed by atoms with van der Waals surface area (Å²) in [7, 11) is 0. The molecule has 2 aromatic rings. The van der Waals surface area contributed by atoms with Gasteiger partial charge in [0.05, 0.1) is 0 Å². The van der Waals surface area contributed by atoms with E-state index in [2.05, 4.69) is 54.5 Å². The summed E-state index contributed by atoms with van der Waals surface area (Å²) in [4.78, 5) is 4.72. The van der Waals surface area contributed by atoms with Crippen LogP contribution in [-0.4, -0.2) is 31.1 Å². The van der Waals surface area contributed by atoms with Crippen LogP contribution in [0.3, 0.4) is 0 Å². The van der Waals surface area contributed by atoms with Gasteiger partial charge in [-0.3, -0.25) is 0 Å². The maximum absolute atomic E-state index is 14.1. The van der Waals surface area contributed by atoms with Gasteiger partial charge in [0.15, 0.2) is 0 Å². The lowest BCUT2D eigenvalue weighted by Crippen LogP contribution is -2.31. The molecule has 1 aliphatic rings. The molecule has 0 radical (unpaired) electrons. The fourth-order valence-electron chi connectivity index (χ4n) is 4.27. The van der Waals surface area contributed by atoms with Gasteiger partial charge in [-0.25, -0.2) is 8.78 Å². The van der Waals surface area contributed by atoms with Crippen molar-refractivity contribution in [1.82, 2.24) is 4.90 Å². The van der Waals surface area contributed by atoms with Crippen molar-refractivity contribution in [1.29, 1.82) is 0 Å². The van der Waals surface area contributed by atoms with E-state index >= 15 is 0 Å². The molecule has 0 aromatic heterocycles. The van der Waals surface area contributed by atoms with E-state index in [9.17, 15) is 8.78 Å². The van der Waals surface area contributed by atoms with Crippen LogP contribution in [0.5, 0.6) is 0 Å². The van der Waals surface area contributed by atoms with Crippen molar-refractivity contribution in [2.45, 2.75) is 45.4 Å². The lowest BCUT2D eigenvalue weighted by molar-refractivity contribution is 0.295. The molecular formula is C25H32F2N2. The van der Waals surface area contributed by atoms with Crippen LogP contribution in [-0.2, 0) is 0 Å². The Morgan fingerprint density at radius 1 is 1.03 bits per heavy atom. The first-order chi connectivity index (χ1) is 14.0. The first-order valence-corrected chi connectivity index (χ1v) is 10.8. The number of piperidine rings is 1. The summed E-state index contributed by atoms with van der Waals surface area (Å²) in [5, 5.41) is 0. The second kappa shape index (κ2) is 9.91. The number of hydrogen-bond acceptors (Lipinski definition) is 2. The van der Waals surface area contributed by atoms with Gasteiger partial charge in [0, 0.05) is 43.6 Å². The molecule has 0 atom stereocenters. The number of halogens is 2. The van der Waals surface area contributed by atoms with Crippen LogP contribution in [0.2, 0.25) is 0 Å². The van der Waals surface area contributed by atoms with E-state index < -0.39 is 11.6 Å². The minimum absolute atomic E-state index is 0.135. The molecule has 1 fully saturated rings. The lowest BCUT2D eigenvalue weighted by atomic mass is 9.88. The summed E-state index contributed by atoms with van der Waals surface area (Å²) in [6, 6.07) is 12.6. The Morgan fingerprint density at radius 3 is 2.34 bits per heavy atom. The summed E-state index contributed by atoms with van der Waals surface area (Å²) in [6.07, 6.45) is 3.94. The van der Waals surface area contributed by atoms with Gasteiger partial charge in [-0.05, 0) is 60.9 Å². The third-order valence-corrected chi connectivity index (χ3v) is 5.81. The smallest absolute Gasteiger partial charge is 0.129 e. The Bertz CT molecular complexity index is 819. The van der Waals surface area contributed by atoms with Crippen molar-refractivity contribution in [3.63, 3.8) is 0 Å². The topological polar surface area (TPSA) is 6.48 Å². The standard InChI is InChI=1S/C25H32F2N2/c1-4-13-29(14-5-2)23-8-6-7-21(17-23)19(3)28-15-11-20(12-16-28)24-10-9-22(26)18-25(24)27/h6-10,17-18,20H,3-5,11-16H2,1-2H3. The number of anilines is 1. The van der Waals surface area contributed by atoms with Crippen molar-refractivity contribution >= 4 is 11.4 Å². The van der Waals surface area contributed by atoms with Gasteiger partial charge in [0.2, 0.25) is 0 Å². The van der Waals surface area contributed by atoms with Crippen LogP contribution in [0, 0.1) is 11.6 Å². The highest BCUT2D eigenvalue weighted by molar-refractivity contribution is 5.66. The van der Waals surface area contributed by atoms with Crippen LogP contribution in [0.25, 0.3) is 5.70 Å². The quantitative estimate of drug-likeness (QED) is 0.505. The summed E-state index contributed by atoms with van der Waals surface area (Å²) < 4.78 is 27.3. The summed E-state index contributed by atoms with van der Waals surface area (Å²) in [6.45, 7) is 12.5. The van der Waals surface area contributed by atoms with E-state index in [-0.39, 0.29) is 5.92 Å². The second-order valence-electron chi connectivity index (χ2n) is 7.91. The van der Waals surface area contributed by atoms with Crippen molar-refractivity contribution in [3.8, 4) is 0 Å². The zero-order chi connectivity index (χ0) is 20.8. The molecule has 1 heterocycles. The molecule has 0 saturated carbocycles. The van der Waals surface area contributed by atoms with Crippen molar-refractivity contribution in [2.24, 2.45) is 0 Å². The minimum Gasteiger partial charge on any atom is -0.372 e. The number of nitrogens with zero attached hydrogens (tertiary/aromatic N) is 2. The molecule has 1 aliphatic heterocycles. The van der Waals surface area contributed by atoms with Gasteiger partial charge in [-0.2, -0.15) is 0 Å². The van der Waals surface area contributed by atoms with Crippen LogP contribution < -0.4 is 4.90 Å². The summed E-state index contributed by atoms with van der Waals surface area (Å²) >= 11 is 0. The zero-order valence-corrected chi connectivity index (χ0v) is 17.6. The second-order valence-corrected chi connectivity index (χ2v) is 7.91. The maximum Gasteiger partial charge on any atom is 0.129 e. The van der Waals surface area contributed by atoms with E-state index in [1.807, 2.05) is 0 Å². The molecule has 0 spiro atoms. The predicted octanol–water partition coefficient (Wildman–Crippen LogP) is 6.44. The van der Waals surface area contributed by atoms with Crippen molar-refractivity contribution in [2.75, 3.05) is 31.1 Å². The molecule has 0 bridgehead atoms. The Labute approximate surface area is 173 Å². The third-order valence-electron chi connectivity index (χ3n) is 5.81. The van der Waals surface area contributed by atoms with E-state index in [0.29, 0.717) is 5.56 Å². The van der Waals surface area contributed by atoms with E-state index in [0.717, 1.165) is 69.2 Å². The molecule has 3 rings (SSSR count). The Hall–Kier alpha value is -2.36. The van der Waals surface area contributed by atoms with Gasteiger partial charge in [0.1, 0.15) is 11.6 Å². The predicted molar refractivity (Wildman–Crippen MR) is 118 cm³/mol. The summed E-state index contributed by atoms with van der Waals surface area (Å²) in [5.74, 6) is -0.811. The average Bonchev–Trinajstić information content (AvgIpc) is 2.73. The fourth-order valence-corrected chi connectivity index (χ4v) is 4.27. The van der Waals surface area contributed by atoms with Crippen LogP contribution >= 0.6 is 0 Å². The van der Waals surface area contributed by atoms with Gasteiger partial charge in [0.25, 0.3) is 0 Å². The Morgan fingerprint density at radius 2 is 1.72 bits per heavy atom. The third kappa shape index (κ3) is 5.17. The van der Waals surface area contributed by atoms with Crippen molar-refractivity contribution in [3.05, 3.63) is 71.8 Å². The number of benzene rings is 2. The van der Waals surface area contributed by atoms with Gasteiger partial charge in [-0.15, -0.1) is 0 Å². The van der Waals surface area contributed by atoms with Gasteiger partial charge in [-0.1, -0.05) is 38.6 Å². The highest BCUT2D eigenvalue weighted by atomic mass is 19.1. The monoisotopic (exact) mass is 398 g/mol. The Kier molecular flexibility index (Phi) is 7.29. The molecule has 2 nitrogen and oxygen atoms in total. The summed E-state index contributed by atoms with van der Waals surface area (Å²) in [5.41, 5.74) is 4.05. The molecule has 0 aliphatic carbocycles. The number of hydrogen-bond donors (Lipinski definition) is 0. The van der Waals surface area contributed by atoms with Gasteiger partial charge >= 0.3 is 0 Å². The molecule has 0 N–H and O–H groups in total. The normalized spacial score (nSPS) is 14.8. The largest absolute Gasteiger partial charge is 0.372 e. The molecule has 0 amide bonds.